The lowest BCUT2D eigenvalue weighted by Crippen LogP contribution is -2.25. The van der Waals surface area contributed by atoms with E-state index in [1.807, 2.05) is 36.5 Å². The molecule has 1 unspecified atom stereocenters. The normalized spacial score (nSPS) is 12.6. The van der Waals surface area contributed by atoms with Gasteiger partial charge in [-0.3, -0.25) is 4.79 Å². The number of fused-ring (bicyclic) bond motifs is 1. The SMILES string of the molecule is O=C(N/N=C/c1c[nH]c2ccccc12)C(O)c1ccccc1. The molecule has 0 bridgehead atoms. The Morgan fingerprint density at radius 1 is 1.14 bits per heavy atom. The van der Waals surface area contributed by atoms with Crippen LogP contribution in [0, 0.1) is 0 Å². The fraction of sp³-hybridized carbons (Fsp3) is 0.0588. The summed E-state index contributed by atoms with van der Waals surface area (Å²) in [5.41, 5.74) is 4.75. The Hall–Kier alpha value is -2.92. The smallest absolute Gasteiger partial charge is 0.273 e. The van der Waals surface area contributed by atoms with E-state index in [2.05, 4.69) is 15.5 Å². The van der Waals surface area contributed by atoms with Gasteiger partial charge in [-0.25, -0.2) is 5.43 Å². The van der Waals surface area contributed by atoms with Crippen LogP contribution in [-0.4, -0.2) is 22.2 Å². The molecule has 3 rings (SSSR count). The minimum Gasteiger partial charge on any atom is -0.378 e. The fourth-order valence-corrected chi connectivity index (χ4v) is 2.21. The standard InChI is InChI=1S/C17H15N3O2/c21-16(12-6-2-1-3-7-12)17(22)20-19-11-13-10-18-15-9-5-4-8-14(13)15/h1-11,16,18,21H,(H,20,22)/b19-11+. The van der Waals surface area contributed by atoms with Crippen LogP contribution in [0.3, 0.4) is 0 Å². The lowest BCUT2D eigenvalue weighted by molar-refractivity contribution is -0.129. The highest BCUT2D eigenvalue weighted by Gasteiger charge is 2.15. The van der Waals surface area contributed by atoms with Gasteiger partial charge in [-0.1, -0.05) is 48.5 Å². The maximum Gasteiger partial charge on any atom is 0.273 e. The molecule has 1 atom stereocenters. The van der Waals surface area contributed by atoms with Crippen LogP contribution in [0.15, 0.2) is 65.9 Å². The summed E-state index contributed by atoms with van der Waals surface area (Å²) in [6.45, 7) is 0. The van der Waals surface area contributed by atoms with Crippen LogP contribution in [0.1, 0.15) is 17.2 Å². The van der Waals surface area contributed by atoms with Gasteiger partial charge < -0.3 is 10.1 Å². The average molecular weight is 293 g/mol. The number of aliphatic hydroxyl groups is 1. The Balaban J connectivity index is 1.68. The summed E-state index contributed by atoms with van der Waals surface area (Å²) in [5, 5.41) is 14.8. The van der Waals surface area contributed by atoms with E-state index < -0.39 is 12.0 Å². The van der Waals surface area contributed by atoms with E-state index in [-0.39, 0.29) is 0 Å². The molecule has 3 aromatic rings. The second kappa shape index (κ2) is 6.24. The molecule has 0 aliphatic rings. The number of para-hydroxylation sites is 1. The maximum atomic E-state index is 11.9. The summed E-state index contributed by atoms with van der Waals surface area (Å²) >= 11 is 0. The molecule has 5 heteroatoms. The zero-order valence-electron chi connectivity index (χ0n) is 11.7. The Bertz CT molecular complexity index is 809. The van der Waals surface area contributed by atoms with Crippen LogP contribution in [-0.2, 0) is 4.79 Å². The van der Waals surface area contributed by atoms with E-state index >= 15 is 0 Å². The predicted octanol–water partition coefficient (Wildman–Crippen LogP) is 2.35. The van der Waals surface area contributed by atoms with Gasteiger partial charge in [0, 0.05) is 22.7 Å². The van der Waals surface area contributed by atoms with Crippen molar-refractivity contribution < 1.29 is 9.90 Å². The lowest BCUT2D eigenvalue weighted by atomic mass is 10.1. The second-order valence-electron chi connectivity index (χ2n) is 4.84. The number of benzene rings is 2. The molecule has 3 N–H and O–H groups in total. The van der Waals surface area contributed by atoms with Crippen LogP contribution in [0.5, 0.6) is 0 Å². The molecule has 1 amide bonds. The van der Waals surface area contributed by atoms with Crippen LogP contribution in [0.4, 0.5) is 0 Å². The van der Waals surface area contributed by atoms with E-state index in [1.54, 1.807) is 30.5 Å². The zero-order chi connectivity index (χ0) is 15.4. The van der Waals surface area contributed by atoms with Gasteiger partial charge >= 0.3 is 0 Å². The Labute approximate surface area is 127 Å². The highest BCUT2D eigenvalue weighted by Crippen LogP contribution is 2.15. The maximum absolute atomic E-state index is 11.9. The number of rotatable bonds is 4. The first-order chi connectivity index (χ1) is 10.8. The molecule has 1 aromatic heterocycles. The van der Waals surface area contributed by atoms with E-state index in [0.29, 0.717) is 5.56 Å². The summed E-state index contributed by atoms with van der Waals surface area (Å²) in [7, 11) is 0. The number of nitrogens with zero attached hydrogens (tertiary/aromatic N) is 1. The van der Waals surface area contributed by atoms with Crippen molar-refractivity contribution in [3.63, 3.8) is 0 Å². The van der Waals surface area contributed by atoms with E-state index in [1.165, 1.54) is 0 Å². The first-order valence-electron chi connectivity index (χ1n) is 6.88. The van der Waals surface area contributed by atoms with Crippen molar-refractivity contribution in [1.29, 1.82) is 0 Å². The number of aliphatic hydroxyl groups excluding tert-OH is 1. The average Bonchev–Trinajstić information content (AvgIpc) is 2.98. The Morgan fingerprint density at radius 2 is 1.86 bits per heavy atom. The quantitative estimate of drug-likeness (QED) is 0.510. The number of carbonyl (C=O) groups excluding carboxylic acids is 1. The number of hydrogen-bond donors (Lipinski definition) is 3. The van der Waals surface area contributed by atoms with Crippen molar-refractivity contribution in [3.8, 4) is 0 Å². The monoisotopic (exact) mass is 293 g/mol. The van der Waals surface area contributed by atoms with Crippen molar-refractivity contribution in [1.82, 2.24) is 10.4 Å². The van der Waals surface area contributed by atoms with E-state index in [4.69, 9.17) is 0 Å². The number of aromatic nitrogens is 1. The summed E-state index contributed by atoms with van der Waals surface area (Å²) in [6.07, 6.45) is 2.13. The van der Waals surface area contributed by atoms with Crippen molar-refractivity contribution >= 4 is 23.0 Å². The molecule has 0 saturated carbocycles. The van der Waals surface area contributed by atoms with Crippen LogP contribution in [0.25, 0.3) is 10.9 Å². The molecule has 0 saturated heterocycles. The molecule has 5 nitrogen and oxygen atoms in total. The van der Waals surface area contributed by atoms with Gasteiger partial charge in [-0.05, 0) is 11.6 Å². The third kappa shape index (κ3) is 2.89. The van der Waals surface area contributed by atoms with Crippen molar-refractivity contribution in [2.24, 2.45) is 5.10 Å². The Kier molecular flexibility index (Phi) is 3.98. The Morgan fingerprint density at radius 3 is 2.68 bits per heavy atom. The van der Waals surface area contributed by atoms with Gasteiger partial charge in [0.25, 0.3) is 5.91 Å². The third-order valence-electron chi connectivity index (χ3n) is 3.36. The van der Waals surface area contributed by atoms with Crippen molar-refractivity contribution in [3.05, 3.63) is 71.9 Å². The number of hydrazone groups is 1. The highest BCUT2D eigenvalue weighted by molar-refractivity contribution is 5.99. The molecular formula is C17H15N3O2. The number of nitrogens with one attached hydrogen (secondary N) is 2. The molecular weight excluding hydrogens is 278 g/mol. The third-order valence-corrected chi connectivity index (χ3v) is 3.36. The second-order valence-corrected chi connectivity index (χ2v) is 4.84. The van der Waals surface area contributed by atoms with Gasteiger partial charge in [0.2, 0.25) is 0 Å². The molecule has 0 spiro atoms. The topological polar surface area (TPSA) is 77.5 Å². The minimum absolute atomic E-state index is 0.530. The number of amides is 1. The number of aromatic amines is 1. The van der Waals surface area contributed by atoms with E-state index in [9.17, 15) is 9.90 Å². The molecule has 0 aliphatic heterocycles. The van der Waals surface area contributed by atoms with Gasteiger partial charge in [0.1, 0.15) is 0 Å². The number of carbonyl (C=O) groups is 1. The first-order valence-corrected chi connectivity index (χ1v) is 6.88. The fourth-order valence-electron chi connectivity index (χ4n) is 2.21. The van der Waals surface area contributed by atoms with Crippen molar-refractivity contribution in [2.75, 3.05) is 0 Å². The van der Waals surface area contributed by atoms with Gasteiger partial charge in [0.05, 0.1) is 6.21 Å². The van der Waals surface area contributed by atoms with Crippen LogP contribution in [0.2, 0.25) is 0 Å². The predicted molar refractivity (Wildman–Crippen MR) is 85.4 cm³/mol. The molecule has 0 fully saturated rings. The molecule has 0 aliphatic carbocycles. The summed E-state index contributed by atoms with van der Waals surface area (Å²) in [6, 6.07) is 16.5. The molecule has 1 heterocycles. The minimum atomic E-state index is -1.23. The first kappa shape index (κ1) is 14.0. The molecule has 0 radical (unpaired) electrons. The lowest BCUT2D eigenvalue weighted by Gasteiger charge is -2.08. The van der Waals surface area contributed by atoms with Gasteiger partial charge in [0.15, 0.2) is 6.10 Å². The largest absolute Gasteiger partial charge is 0.378 e. The van der Waals surface area contributed by atoms with Crippen LogP contribution < -0.4 is 5.43 Å². The number of H-pyrrole nitrogens is 1. The summed E-state index contributed by atoms with van der Waals surface area (Å²) in [4.78, 5) is 15.0. The highest BCUT2D eigenvalue weighted by atomic mass is 16.3. The van der Waals surface area contributed by atoms with Crippen LogP contribution >= 0.6 is 0 Å². The summed E-state index contributed by atoms with van der Waals surface area (Å²) in [5.74, 6) is -0.567. The van der Waals surface area contributed by atoms with Crippen molar-refractivity contribution in [2.45, 2.75) is 6.10 Å². The zero-order valence-corrected chi connectivity index (χ0v) is 11.7. The molecule has 2 aromatic carbocycles. The summed E-state index contributed by atoms with van der Waals surface area (Å²) < 4.78 is 0. The van der Waals surface area contributed by atoms with Gasteiger partial charge in [-0.15, -0.1) is 0 Å². The van der Waals surface area contributed by atoms with E-state index in [0.717, 1.165) is 16.5 Å². The molecule has 110 valence electrons. The molecule has 22 heavy (non-hydrogen) atoms. The van der Waals surface area contributed by atoms with Gasteiger partial charge in [-0.2, -0.15) is 5.10 Å². The number of hydrogen-bond acceptors (Lipinski definition) is 3.